The number of amides is 1. The number of carbonyl (C=O) groups excluding carboxylic acids is 1. The van der Waals surface area contributed by atoms with E-state index < -0.39 is 5.60 Å². The highest BCUT2D eigenvalue weighted by Gasteiger charge is 2.24. The molecule has 1 aliphatic rings. The molecule has 21 heavy (non-hydrogen) atoms. The van der Waals surface area contributed by atoms with Gasteiger partial charge in [0.2, 0.25) is 0 Å². The van der Waals surface area contributed by atoms with Gasteiger partial charge >= 0.3 is 6.09 Å². The van der Waals surface area contributed by atoms with Crippen LogP contribution in [0, 0.1) is 6.07 Å². The number of phenols is 1. The van der Waals surface area contributed by atoms with Gasteiger partial charge in [-0.1, -0.05) is 0 Å². The molecule has 1 N–H and O–H groups in total. The molecule has 115 valence electrons. The first-order chi connectivity index (χ1) is 9.85. The van der Waals surface area contributed by atoms with E-state index in [1.807, 2.05) is 26.8 Å². The Labute approximate surface area is 126 Å². The minimum atomic E-state index is -0.464. The van der Waals surface area contributed by atoms with Crippen molar-refractivity contribution in [1.82, 2.24) is 4.90 Å². The van der Waals surface area contributed by atoms with Crippen molar-refractivity contribution in [2.75, 3.05) is 31.1 Å². The van der Waals surface area contributed by atoms with E-state index in [0.29, 0.717) is 13.1 Å². The summed E-state index contributed by atoms with van der Waals surface area (Å²) in [5, 5.41) is 9.31. The number of phenolic OH excluding ortho intramolecular Hbond substituents is 1. The molecular weight excluding hydrogens is 268 g/mol. The molecule has 5 nitrogen and oxygen atoms in total. The van der Waals surface area contributed by atoms with Crippen LogP contribution in [-0.4, -0.2) is 47.9 Å². The molecule has 0 aliphatic carbocycles. The molecule has 5 heteroatoms. The number of carbonyl (C=O) groups is 1. The molecule has 0 spiro atoms. The summed E-state index contributed by atoms with van der Waals surface area (Å²) in [5.74, 6) is 0.212. The second-order valence-corrected chi connectivity index (χ2v) is 6.24. The van der Waals surface area contributed by atoms with Crippen LogP contribution in [-0.2, 0) is 4.74 Å². The van der Waals surface area contributed by atoms with Crippen molar-refractivity contribution in [2.45, 2.75) is 32.8 Å². The smallest absolute Gasteiger partial charge is 0.410 e. The number of ether oxygens (including phenoxy) is 1. The van der Waals surface area contributed by atoms with Gasteiger partial charge in [0.15, 0.2) is 0 Å². The lowest BCUT2D eigenvalue weighted by atomic mass is 10.2. The van der Waals surface area contributed by atoms with Crippen molar-refractivity contribution in [2.24, 2.45) is 0 Å². The van der Waals surface area contributed by atoms with E-state index in [4.69, 9.17) is 4.74 Å². The SMILES string of the molecule is CC(C)(C)OC(=O)N1CCCN(c2[c]cc(O)cc2)CC1. The zero-order valence-corrected chi connectivity index (χ0v) is 12.9. The largest absolute Gasteiger partial charge is 0.508 e. The van der Waals surface area contributed by atoms with E-state index in [0.717, 1.165) is 25.2 Å². The zero-order chi connectivity index (χ0) is 15.5. The Kier molecular flexibility index (Phi) is 4.60. The number of nitrogens with zero attached hydrogens (tertiary/aromatic N) is 2. The van der Waals surface area contributed by atoms with Gasteiger partial charge < -0.3 is 19.6 Å². The Morgan fingerprint density at radius 2 is 2.00 bits per heavy atom. The van der Waals surface area contributed by atoms with Crippen LogP contribution < -0.4 is 4.90 Å². The number of hydrogen-bond acceptors (Lipinski definition) is 4. The number of benzene rings is 1. The molecule has 1 amide bonds. The van der Waals surface area contributed by atoms with Crippen LogP contribution in [0.1, 0.15) is 27.2 Å². The van der Waals surface area contributed by atoms with Gasteiger partial charge in [-0.2, -0.15) is 0 Å². The number of rotatable bonds is 1. The molecule has 1 heterocycles. The summed E-state index contributed by atoms with van der Waals surface area (Å²) >= 11 is 0. The van der Waals surface area contributed by atoms with Gasteiger partial charge in [-0.15, -0.1) is 0 Å². The Morgan fingerprint density at radius 1 is 1.24 bits per heavy atom. The fourth-order valence-electron chi connectivity index (χ4n) is 2.27. The van der Waals surface area contributed by atoms with Crippen molar-refractivity contribution >= 4 is 11.8 Å². The minimum absolute atomic E-state index is 0.212. The maximum Gasteiger partial charge on any atom is 0.410 e. The molecular formula is C16H23N2O3. The van der Waals surface area contributed by atoms with E-state index in [1.54, 1.807) is 17.0 Å². The quantitative estimate of drug-likeness (QED) is 0.864. The lowest BCUT2D eigenvalue weighted by Crippen LogP contribution is -2.39. The van der Waals surface area contributed by atoms with Crippen molar-refractivity contribution in [3.8, 4) is 5.75 Å². The normalized spacial score (nSPS) is 16.5. The molecule has 0 aromatic heterocycles. The van der Waals surface area contributed by atoms with Gasteiger partial charge in [0.1, 0.15) is 11.4 Å². The third-order valence-corrected chi connectivity index (χ3v) is 3.27. The van der Waals surface area contributed by atoms with Gasteiger partial charge in [-0.05, 0) is 45.4 Å². The molecule has 1 aromatic rings. The average Bonchev–Trinajstić information content (AvgIpc) is 2.63. The third-order valence-electron chi connectivity index (χ3n) is 3.27. The third kappa shape index (κ3) is 4.55. The molecule has 0 bridgehead atoms. The van der Waals surface area contributed by atoms with E-state index in [1.165, 1.54) is 0 Å². The van der Waals surface area contributed by atoms with Crippen LogP contribution in [0.2, 0.25) is 0 Å². The molecule has 1 radical (unpaired) electrons. The molecule has 2 rings (SSSR count). The van der Waals surface area contributed by atoms with E-state index in [2.05, 4.69) is 11.0 Å². The Balaban J connectivity index is 1.95. The summed E-state index contributed by atoms with van der Waals surface area (Å²) in [4.78, 5) is 16.0. The lowest BCUT2D eigenvalue weighted by Gasteiger charge is -2.26. The summed E-state index contributed by atoms with van der Waals surface area (Å²) in [6, 6.07) is 8.12. The van der Waals surface area contributed by atoms with Gasteiger partial charge in [0.25, 0.3) is 0 Å². The topological polar surface area (TPSA) is 53.0 Å². The molecule has 0 saturated carbocycles. The molecule has 1 saturated heterocycles. The van der Waals surface area contributed by atoms with Crippen molar-refractivity contribution < 1.29 is 14.6 Å². The monoisotopic (exact) mass is 291 g/mol. The maximum atomic E-state index is 12.1. The highest BCUT2D eigenvalue weighted by atomic mass is 16.6. The van der Waals surface area contributed by atoms with Crippen LogP contribution in [0.25, 0.3) is 0 Å². The van der Waals surface area contributed by atoms with Gasteiger partial charge in [-0.3, -0.25) is 0 Å². The number of hydrogen-bond donors (Lipinski definition) is 1. The first kappa shape index (κ1) is 15.5. The van der Waals surface area contributed by atoms with Crippen LogP contribution in [0.4, 0.5) is 10.5 Å². The highest BCUT2D eigenvalue weighted by molar-refractivity contribution is 5.68. The van der Waals surface area contributed by atoms with Crippen LogP contribution in [0.3, 0.4) is 0 Å². The van der Waals surface area contributed by atoms with Crippen LogP contribution in [0.5, 0.6) is 5.75 Å². The molecule has 1 aromatic carbocycles. The first-order valence-electron chi connectivity index (χ1n) is 7.29. The Bertz CT molecular complexity index is 479. The average molecular weight is 291 g/mol. The second kappa shape index (κ2) is 6.24. The Morgan fingerprint density at radius 3 is 2.62 bits per heavy atom. The van der Waals surface area contributed by atoms with Gasteiger partial charge in [0.05, 0.1) is 0 Å². The van der Waals surface area contributed by atoms with E-state index in [-0.39, 0.29) is 11.8 Å². The summed E-state index contributed by atoms with van der Waals surface area (Å²) in [6.07, 6.45) is 0.632. The number of anilines is 1. The van der Waals surface area contributed by atoms with Crippen LogP contribution >= 0.6 is 0 Å². The summed E-state index contributed by atoms with van der Waals surface area (Å²) in [7, 11) is 0. The van der Waals surface area contributed by atoms with E-state index >= 15 is 0 Å². The minimum Gasteiger partial charge on any atom is -0.508 e. The van der Waals surface area contributed by atoms with Gasteiger partial charge in [-0.25, -0.2) is 4.79 Å². The first-order valence-corrected chi connectivity index (χ1v) is 7.29. The summed E-state index contributed by atoms with van der Waals surface area (Å²) < 4.78 is 5.42. The van der Waals surface area contributed by atoms with Crippen molar-refractivity contribution in [3.05, 3.63) is 24.3 Å². The summed E-state index contributed by atoms with van der Waals surface area (Å²) in [6.45, 7) is 8.55. The zero-order valence-electron chi connectivity index (χ0n) is 12.9. The molecule has 0 unspecified atom stereocenters. The second-order valence-electron chi connectivity index (χ2n) is 6.24. The van der Waals surface area contributed by atoms with Gasteiger partial charge in [0, 0.05) is 37.9 Å². The van der Waals surface area contributed by atoms with E-state index in [9.17, 15) is 9.90 Å². The fraction of sp³-hybridized carbons (Fsp3) is 0.562. The summed E-state index contributed by atoms with van der Waals surface area (Å²) in [5.41, 5.74) is 0.479. The predicted octanol–water partition coefficient (Wildman–Crippen LogP) is 2.64. The molecule has 1 fully saturated rings. The van der Waals surface area contributed by atoms with Crippen molar-refractivity contribution in [3.63, 3.8) is 0 Å². The maximum absolute atomic E-state index is 12.1. The fourth-order valence-corrected chi connectivity index (χ4v) is 2.27. The standard InChI is InChI=1S/C16H23N2O3/c1-16(2,3)21-15(20)18-10-4-9-17(11-12-18)13-5-7-14(19)8-6-13/h5,7-8,19H,4,9-12H2,1-3H3. The molecule has 0 atom stereocenters. The lowest BCUT2D eigenvalue weighted by molar-refractivity contribution is 0.0263. The van der Waals surface area contributed by atoms with Crippen molar-refractivity contribution in [1.29, 1.82) is 0 Å². The van der Waals surface area contributed by atoms with Crippen LogP contribution in [0.15, 0.2) is 18.2 Å². The Hall–Kier alpha value is -1.91. The highest BCUT2D eigenvalue weighted by Crippen LogP contribution is 2.20. The molecule has 1 aliphatic heterocycles. The predicted molar refractivity (Wildman–Crippen MR) is 81.6 cm³/mol. The number of aromatic hydroxyl groups is 1.